The van der Waals surface area contributed by atoms with Crippen LogP contribution in [0.15, 0.2) is 36.5 Å². The Labute approximate surface area is 187 Å². The van der Waals surface area contributed by atoms with Crippen molar-refractivity contribution < 1.29 is 4.79 Å². The zero-order valence-corrected chi connectivity index (χ0v) is 18.8. The van der Waals surface area contributed by atoms with Crippen LogP contribution in [0.1, 0.15) is 60.3 Å². The lowest BCUT2D eigenvalue weighted by atomic mass is 9.97. The van der Waals surface area contributed by atoms with Crippen molar-refractivity contribution in [2.24, 2.45) is 5.92 Å². The number of piperidine rings is 1. The lowest BCUT2D eigenvalue weighted by Crippen LogP contribution is -2.39. The van der Waals surface area contributed by atoms with Crippen molar-refractivity contribution in [1.82, 2.24) is 19.5 Å². The standard InChI is InChI=1S/C24H28ClN5O/c1-16-10-12-28(14-16)23-9-8-22-26-20(15-30(22)27-23)21-5-3-4-11-29(21)24(31)19-13-18(25)7-6-17(19)2/h6-9,13,15-16,21H,3-5,10-12,14H2,1-2H3/t16-,21-/m0/s1. The molecule has 6 nitrogen and oxygen atoms in total. The van der Waals surface area contributed by atoms with Crippen LogP contribution in [0.3, 0.4) is 0 Å². The molecule has 0 aliphatic carbocycles. The average molecular weight is 438 g/mol. The van der Waals surface area contributed by atoms with E-state index >= 15 is 0 Å². The third kappa shape index (κ3) is 3.89. The van der Waals surface area contributed by atoms with Crippen molar-refractivity contribution in [3.8, 4) is 0 Å². The van der Waals surface area contributed by atoms with E-state index in [0.29, 0.717) is 16.5 Å². The molecular weight excluding hydrogens is 410 g/mol. The second kappa shape index (κ2) is 8.15. The summed E-state index contributed by atoms with van der Waals surface area (Å²) in [5, 5.41) is 5.41. The number of aryl methyl sites for hydroxylation is 1. The quantitative estimate of drug-likeness (QED) is 0.584. The number of aromatic nitrogens is 3. The number of hydrogen-bond donors (Lipinski definition) is 0. The summed E-state index contributed by atoms with van der Waals surface area (Å²) in [5.41, 5.74) is 3.35. The maximum atomic E-state index is 13.4. The highest BCUT2D eigenvalue weighted by atomic mass is 35.5. The van der Waals surface area contributed by atoms with Crippen LogP contribution in [0.25, 0.3) is 5.65 Å². The molecule has 5 rings (SSSR count). The zero-order chi connectivity index (χ0) is 21.5. The van der Waals surface area contributed by atoms with Crippen molar-refractivity contribution in [3.05, 3.63) is 58.4 Å². The van der Waals surface area contributed by atoms with Crippen LogP contribution < -0.4 is 4.90 Å². The minimum Gasteiger partial charge on any atom is -0.355 e. The molecule has 0 saturated carbocycles. The highest BCUT2D eigenvalue weighted by molar-refractivity contribution is 6.31. The van der Waals surface area contributed by atoms with Gasteiger partial charge in [0.15, 0.2) is 5.65 Å². The largest absolute Gasteiger partial charge is 0.355 e. The van der Waals surface area contributed by atoms with Crippen molar-refractivity contribution in [2.45, 2.75) is 45.6 Å². The summed E-state index contributed by atoms with van der Waals surface area (Å²) in [6.45, 7) is 7.06. The molecular formula is C24H28ClN5O. The molecule has 1 amide bonds. The fraction of sp³-hybridized carbons (Fsp3) is 0.458. The molecule has 3 aromatic rings. The molecule has 1 aromatic carbocycles. The number of nitrogens with zero attached hydrogens (tertiary/aromatic N) is 5. The number of anilines is 1. The lowest BCUT2D eigenvalue weighted by Gasteiger charge is -2.35. The second-order valence-electron chi connectivity index (χ2n) is 8.97. The van der Waals surface area contributed by atoms with Crippen LogP contribution in [0, 0.1) is 12.8 Å². The molecule has 2 aromatic heterocycles. The van der Waals surface area contributed by atoms with Gasteiger partial charge in [-0.3, -0.25) is 4.79 Å². The SMILES string of the molecule is Cc1ccc(Cl)cc1C(=O)N1CCCC[C@H]1c1cn2nc(N3CC[C@H](C)C3)ccc2n1. The van der Waals surface area contributed by atoms with Gasteiger partial charge in [-0.2, -0.15) is 0 Å². The number of hydrogen-bond acceptors (Lipinski definition) is 4. The molecule has 0 N–H and O–H groups in total. The molecule has 2 saturated heterocycles. The average Bonchev–Trinajstić information content (AvgIpc) is 3.40. The Morgan fingerprint density at radius 2 is 2.00 bits per heavy atom. The van der Waals surface area contributed by atoms with E-state index in [9.17, 15) is 4.79 Å². The van der Waals surface area contributed by atoms with Gasteiger partial charge in [0.25, 0.3) is 5.91 Å². The van der Waals surface area contributed by atoms with E-state index in [1.165, 1.54) is 6.42 Å². The van der Waals surface area contributed by atoms with E-state index in [2.05, 4.69) is 17.9 Å². The molecule has 0 bridgehead atoms. The zero-order valence-electron chi connectivity index (χ0n) is 18.1. The topological polar surface area (TPSA) is 53.7 Å². The van der Waals surface area contributed by atoms with Crippen LogP contribution in [0.2, 0.25) is 5.02 Å². The Bertz CT molecular complexity index is 1130. The number of carbonyl (C=O) groups excluding carboxylic acids is 1. The molecule has 2 fully saturated rings. The summed E-state index contributed by atoms with van der Waals surface area (Å²) < 4.78 is 1.87. The van der Waals surface area contributed by atoms with Crippen molar-refractivity contribution in [1.29, 1.82) is 0 Å². The Hall–Kier alpha value is -2.60. The smallest absolute Gasteiger partial charge is 0.254 e. The molecule has 2 atom stereocenters. The summed E-state index contributed by atoms with van der Waals surface area (Å²) in [7, 11) is 0. The fourth-order valence-electron chi connectivity index (χ4n) is 4.82. The maximum absolute atomic E-state index is 13.4. The monoisotopic (exact) mass is 437 g/mol. The number of rotatable bonds is 3. The number of carbonyl (C=O) groups is 1. The molecule has 2 aliphatic heterocycles. The van der Waals surface area contributed by atoms with E-state index in [0.717, 1.165) is 61.6 Å². The minimum absolute atomic E-state index is 0.0291. The second-order valence-corrected chi connectivity index (χ2v) is 9.41. The van der Waals surface area contributed by atoms with Crippen LogP contribution in [-0.4, -0.2) is 45.0 Å². The van der Waals surface area contributed by atoms with E-state index in [4.69, 9.17) is 21.7 Å². The van der Waals surface area contributed by atoms with Crippen molar-refractivity contribution >= 4 is 29.0 Å². The van der Waals surface area contributed by atoms with Gasteiger partial charge < -0.3 is 9.80 Å². The van der Waals surface area contributed by atoms with Crippen LogP contribution >= 0.6 is 11.6 Å². The van der Waals surface area contributed by atoms with Crippen LogP contribution in [0.5, 0.6) is 0 Å². The Balaban J connectivity index is 1.45. The van der Waals surface area contributed by atoms with Gasteiger partial charge in [-0.05, 0) is 68.4 Å². The maximum Gasteiger partial charge on any atom is 0.254 e. The van der Waals surface area contributed by atoms with Gasteiger partial charge in [-0.25, -0.2) is 9.50 Å². The predicted molar refractivity (Wildman–Crippen MR) is 123 cm³/mol. The third-order valence-corrected chi connectivity index (χ3v) is 6.84. The summed E-state index contributed by atoms with van der Waals surface area (Å²) in [5.74, 6) is 1.72. The molecule has 0 unspecified atom stereocenters. The van der Waals surface area contributed by atoms with Gasteiger partial charge in [0, 0.05) is 30.2 Å². The Morgan fingerprint density at radius 1 is 1.13 bits per heavy atom. The number of likely N-dealkylation sites (tertiary alicyclic amines) is 1. The van der Waals surface area contributed by atoms with Gasteiger partial charge in [-0.15, -0.1) is 5.10 Å². The Kier molecular flexibility index (Phi) is 5.34. The molecule has 162 valence electrons. The van der Waals surface area contributed by atoms with E-state index < -0.39 is 0 Å². The van der Waals surface area contributed by atoms with Gasteiger partial charge in [-0.1, -0.05) is 24.6 Å². The molecule has 0 radical (unpaired) electrons. The molecule has 7 heteroatoms. The van der Waals surface area contributed by atoms with Crippen molar-refractivity contribution in [2.75, 3.05) is 24.5 Å². The first-order chi connectivity index (χ1) is 15.0. The highest BCUT2D eigenvalue weighted by Gasteiger charge is 2.31. The highest BCUT2D eigenvalue weighted by Crippen LogP contribution is 2.33. The summed E-state index contributed by atoms with van der Waals surface area (Å²) in [4.78, 5) is 22.6. The van der Waals surface area contributed by atoms with Gasteiger partial charge in [0.05, 0.1) is 17.9 Å². The van der Waals surface area contributed by atoms with E-state index in [-0.39, 0.29) is 11.9 Å². The van der Waals surface area contributed by atoms with Gasteiger partial charge in [0.1, 0.15) is 5.82 Å². The summed E-state index contributed by atoms with van der Waals surface area (Å²) in [6.07, 6.45) is 6.20. The lowest BCUT2D eigenvalue weighted by molar-refractivity contribution is 0.0606. The van der Waals surface area contributed by atoms with Gasteiger partial charge in [0.2, 0.25) is 0 Å². The number of benzene rings is 1. The summed E-state index contributed by atoms with van der Waals surface area (Å²) >= 11 is 6.19. The van der Waals surface area contributed by atoms with Crippen LogP contribution in [-0.2, 0) is 0 Å². The summed E-state index contributed by atoms with van der Waals surface area (Å²) in [6, 6.07) is 9.56. The number of halogens is 1. The van der Waals surface area contributed by atoms with E-state index in [1.807, 2.05) is 40.7 Å². The Morgan fingerprint density at radius 3 is 2.81 bits per heavy atom. The van der Waals surface area contributed by atoms with Crippen LogP contribution in [0.4, 0.5) is 5.82 Å². The normalized spacial score (nSPS) is 21.8. The van der Waals surface area contributed by atoms with Crippen molar-refractivity contribution in [3.63, 3.8) is 0 Å². The molecule has 2 aliphatic rings. The first-order valence-corrected chi connectivity index (χ1v) is 11.6. The number of imidazole rings is 1. The number of amides is 1. The van der Waals surface area contributed by atoms with Gasteiger partial charge >= 0.3 is 0 Å². The fourth-order valence-corrected chi connectivity index (χ4v) is 5.00. The molecule has 4 heterocycles. The minimum atomic E-state index is -0.0448. The molecule has 31 heavy (non-hydrogen) atoms. The number of fused-ring (bicyclic) bond motifs is 1. The first-order valence-electron chi connectivity index (χ1n) is 11.2. The van der Waals surface area contributed by atoms with E-state index in [1.54, 1.807) is 6.07 Å². The molecule has 0 spiro atoms. The first kappa shape index (κ1) is 20.3. The predicted octanol–water partition coefficient (Wildman–Crippen LogP) is 4.90. The third-order valence-electron chi connectivity index (χ3n) is 6.61.